The van der Waals surface area contributed by atoms with Crippen LogP contribution in [0, 0.1) is 22.7 Å². The molecule has 6 rings (SSSR count). The molecule has 174 valence electrons. The highest BCUT2D eigenvalue weighted by Gasteiger charge is 2.68. The number of benzene rings is 2. The summed E-state index contributed by atoms with van der Waals surface area (Å²) in [6.45, 7) is 5.01. The Morgan fingerprint density at radius 2 is 1.91 bits per heavy atom. The Kier molecular flexibility index (Phi) is 4.51. The molecule has 1 aromatic heterocycles. The van der Waals surface area contributed by atoms with Gasteiger partial charge in [0.15, 0.2) is 5.58 Å². The van der Waals surface area contributed by atoms with Gasteiger partial charge >= 0.3 is 5.76 Å². The summed E-state index contributed by atoms with van der Waals surface area (Å²) in [5, 5.41) is 0. The van der Waals surface area contributed by atoms with Crippen molar-refractivity contribution in [3.8, 4) is 0 Å². The van der Waals surface area contributed by atoms with Crippen LogP contribution in [0.5, 0.6) is 0 Å². The van der Waals surface area contributed by atoms with Gasteiger partial charge in [-0.15, -0.1) is 0 Å². The largest absolute Gasteiger partial charge is 0.417 e. The van der Waals surface area contributed by atoms with E-state index >= 15 is 0 Å². The minimum Gasteiger partial charge on any atom is -0.408 e. The molecule has 3 aromatic rings. The van der Waals surface area contributed by atoms with Gasteiger partial charge in [0.25, 0.3) is 0 Å². The number of nitrogens with one attached hydrogen (secondary N) is 2. The van der Waals surface area contributed by atoms with Gasteiger partial charge in [0.05, 0.1) is 16.5 Å². The Hall–Kier alpha value is -2.42. The van der Waals surface area contributed by atoms with Crippen molar-refractivity contribution in [1.29, 1.82) is 0 Å². The highest BCUT2D eigenvalue weighted by Crippen LogP contribution is 2.70. The van der Waals surface area contributed by atoms with Crippen LogP contribution >= 0.6 is 0 Å². The number of fused-ring (bicyclic) bond motifs is 2. The van der Waals surface area contributed by atoms with Crippen molar-refractivity contribution in [3.05, 3.63) is 64.6 Å². The van der Waals surface area contributed by atoms with Crippen LogP contribution in [0.25, 0.3) is 11.1 Å². The van der Waals surface area contributed by atoms with Gasteiger partial charge in [-0.3, -0.25) is 4.98 Å². The van der Waals surface area contributed by atoms with Crippen LogP contribution in [0.3, 0.4) is 0 Å². The maximum Gasteiger partial charge on any atom is 0.417 e. The Labute approximate surface area is 192 Å². The number of ether oxygens (including phenoxy) is 1. The average Bonchev–Trinajstić information content (AvgIpc) is 3.42. The molecule has 5 atom stereocenters. The Balaban J connectivity index is 1.37. The lowest BCUT2D eigenvalue weighted by molar-refractivity contribution is -0.118. The number of hydrogen-bond acceptors (Lipinski definition) is 5. The minimum atomic E-state index is -3.82. The fraction of sp³-hybridized carbons (Fsp3) is 0.480. The molecule has 2 N–H and O–H groups in total. The maximum atomic E-state index is 13.6. The van der Waals surface area contributed by atoms with Crippen LogP contribution in [0.1, 0.15) is 44.8 Å². The van der Waals surface area contributed by atoms with E-state index in [1.165, 1.54) is 17.7 Å². The summed E-state index contributed by atoms with van der Waals surface area (Å²) in [6.07, 6.45) is 2.89. The fourth-order valence-electron chi connectivity index (χ4n) is 7.02. The molecule has 2 bridgehead atoms. The molecule has 2 aliphatic carbocycles. The summed E-state index contributed by atoms with van der Waals surface area (Å²) in [5.74, 6) is 0.0930. The topological polar surface area (TPSA) is 101 Å². The van der Waals surface area contributed by atoms with E-state index in [9.17, 15) is 13.2 Å². The van der Waals surface area contributed by atoms with Gasteiger partial charge < -0.3 is 9.15 Å². The SMILES string of the molecule is CC1(C)[C@@H]2C[C@@H]3[C@@H](c4ccccc4)OCC[C@]3(C2)[C@H]1NS(=O)(=O)c1ccc2[nH]c(=O)oc2c1. The van der Waals surface area contributed by atoms with E-state index in [-0.39, 0.29) is 39.4 Å². The van der Waals surface area contributed by atoms with Gasteiger partial charge in [0.1, 0.15) is 0 Å². The van der Waals surface area contributed by atoms with E-state index in [0.717, 1.165) is 19.3 Å². The highest BCUT2D eigenvalue weighted by atomic mass is 32.2. The van der Waals surface area contributed by atoms with Crippen molar-refractivity contribution in [1.82, 2.24) is 9.71 Å². The zero-order valence-corrected chi connectivity index (χ0v) is 19.5. The first-order valence-corrected chi connectivity index (χ1v) is 13.0. The van der Waals surface area contributed by atoms with E-state index < -0.39 is 15.8 Å². The molecule has 3 fully saturated rings. The number of rotatable bonds is 4. The summed E-state index contributed by atoms with van der Waals surface area (Å²) in [6, 6.07) is 14.6. The van der Waals surface area contributed by atoms with E-state index in [4.69, 9.17) is 9.15 Å². The molecule has 0 amide bonds. The summed E-state index contributed by atoms with van der Waals surface area (Å²) in [4.78, 5) is 14.2. The standard InChI is InChI=1S/C25H28N2O5S/c1-24(2)16-12-18-21(15-6-4-3-5-7-15)31-11-10-25(18,14-16)22(24)27-33(29,30)17-8-9-19-20(13-17)32-23(28)26-19/h3-9,13,16,18,21-22,27H,10-12,14H2,1-2H3,(H,26,28)/t16-,18-,21-,22+,25-/m1/s1. The van der Waals surface area contributed by atoms with E-state index in [2.05, 4.69) is 35.7 Å². The predicted molar refractivity (Wildman–Crippen MR) is 123 cm³/mol. The Morgan fingerprint density at radius 1 is 1.12 bits per heavy atom. The molecule has 1 spiro atoms. The van der Waals surface area contributed by atoms with Crippen LogP contribution in [0.2, 0.25) is 0 Å². The molecule has 8 heteroatoms. The first-order valence-electron chi connectivity index (χ1n) is 11.5. The number of oxazole rings is 1. The van der Waals surface area contributed by atoms with Crippen LogP contribution in [0.15, 0.2) is 62.6 Å². The molecular weight excluding hydrogens is 440 g/mol. The van der Waals surface area contributed by atoms with Crippen molar-refractivity contribution >= 4 is 21.1 Å². The van der Waals surface area contributed by atoms with Crippen molar-refractivity contribution in [3.63, 3.8) is 0 Å². The van der Waals surface area contributed by atoms with Crippen molar-refractivity contribution < 1.29 is 17.6 Å². The monoisotopic (exact) mass is 468 g/mol. The van der Waals surface area contributed by atoms with Crippen molar-refractivity contribution in [2.24, 2.45) is 22.7 Å². The maximum absolute atomic E-state index is 13.6. The van der Waals surface area contributed by atoms with Crippen LogP contribution < -0.4 is 10.5 Å². The van der Waals surface area contributed by atoms with Gasteiger partial charge in [-0.05, 0) is 59.6 Å². The van der Waals surface area contributed by atoms with Gasteiger partial charge in [0, 0.05) is 18.7 Å². The molecule has 0 unspecified atom stereocenters. The van der Waals surface area contributed by atoms with Crippen LogP contribution in [-0.4, -0.2) is 26.1 Å². The molecule has 2 saturated carbocycles. The zero-order valence-electron chi connectivity index (χ0n) is 18.7. The second-order valence-electron chi connectivity index (χ2n) is 10.5. The number of sulfonamides is 1. The third-order valence-electron chi connectivity index (χ3n) is 8.61. The third kappa shape index (κ3) is 3.07. The highest BCUT2D eigenvalue weighted by molar-refractivity contribution is 7.89. The minimum absolute atomic E-state index is 0.0152. The number of hydrogen-bond donors (Lipinski definition) is 2. The van der Waals surface area contributed by atoms with Crippen LogP contribution in [-0.2, 0) is 14.8 Å². The summed E-state index contributed by atoms with van der Waals surface area (Å²) in [5.41, 5.74) is 1.56. The van der Waals surface area contributed by atoms with E-state index in [1.807, 2.05) is 18.2 Å². The molecule has 1 saturated heterocycles. The molecule has 33 heavy (non-hydrogen) atoms. The van der Waals surface area contributed by atoms with Gasteiger partial charge in [-0.2, -0.15) is 0 Å². The molecule has 2 aromatic carbocycles. The Morgan fingerprint density at radius 3 is 2.70 bits per heavy atom. The van der Waals surface area contributed by atoms with Gasteiger partial charge in [0.2, 0.25) is 10.0 Å². The summed E-state index contributed by atoms with van der Waals surface area (Å²) < 4.78 is 41.6. The zero-order chi connectivity index (χ0) is 23.0. The lowest BCUT2D eigenvalue weighted by atomic mass is 9.59. The van der Waals surface area contributed by atoms with Crippen LogP contribution in [0.4, 0.5) is 0 Å². The summed E-state index contributed by atoms with van der Waals surface area (Å²) in [7, 11) is -3.82. The molecule has 1 aliphatic heterocycles. The second kappa shape index (κ2) is 7.04. The molecule has 2 heterocycles. The lowest BCUT2D eigenvalue weighted by Crippen LogP contribution is -2.58. The first kappa shape index (κ1) is 21.1. The number of aromatic nitrogens is 1. The van der Waals surface area contributed by atoms with Crippen molar-refractivity contribution in [2.75, 3.05) is 6.61 Å². The number of aromatic amines is 1. The third-order valence-corrected chi connectivity index (χ3v) is 10.0. The molecule has 0 radical (unpaired) electrons. The second-order valence-corrected chi connectivity index (χ2v) is 12.2. The predicted octanol–water partition coefficient (Wildman–Crippen LogP) is 3.98. The van der Waals surface area contributed by atoms with E-state index in [0.29, 0.717) is 18.0 Å². The molecule has 7 nitrogen and oxygen atoms in total. The average molecular weight is 469 g/mol. The molecule has 3 aliphatic rings. The quantitative estimate of drug-likeness (QED) is 0.603. The smallest absolute Gasteiger partial charge is 0.408 e. The molecular formula is C25H28N2O5S. The first-order chi connectivity index (χ1) is 15.7. The van der Waals surface area contributed by atoms with E-state index in [1.54, 1.807) is 6.07 Å². The number of H-pyrrole nitrogens is 1. The van der Waals surface area contributed by atoms with Gasteiger partial charge in [-0.1, -0.05) is 44.2 Å². The van der Waals surface area contributed by atoms with Gasteiger partial charge in [-0.25, -0.2) is 17.9 Å². The van der Waals surface area contributed by atoms with Crippen molar-refractivity contribution in [2.45, 2.75) is 50.2 Å². The fourth-order valence-corrected chi connectivity index (χ4v) is 8.51. The summed E-state index contributed by atoms with van der Waals surface area (Å²) >= 11 is 0. The normalized spacial score (nSPS) is 32.8. The Bertz CT molecular complexity index is 1380. The lowest BCUT2D eigenvalue weighted by Gasteiger charge is -2.53.